The van der Waals surface area contributed by atoms with Crippen LogP contribution in [-0.2, 0) is 4.74 Å². The van der Waals surface area contributed by atoms with Crippen LogP contribution in [0.4, 0.5) is 0 Å². The fourth-order valence-electron chi connectivity index (χ4n) is 3.68. The monoisotopic (exact) mass is 331 g/mol. The number of ether oxygens (including phenoxy) is 2. The highest BCUT2D eigenvalue weighted by molar-refractivity contribution is 5.94. The molecule has 0 aromatic heterocycles. The van der Waals surface area contributed by atoms with E-state index in [9.17, 15) is 4.79 Å². The minimum absolute atomic E-state index is 0.0116. The Morgan fingerprint density at radius 1 is 1.25 bits per heavy atom. The Morgan fingerprint density at radius 3 is 2.79 bits per heavy atom. The zero-order chi connectivity index (χ0) is 16.8. The molecule has 1 heterocycles. The van der Waals surface area contributed by atoms with Gasteiger partial charge in [-0.25, -0.2) is 0 Å². The van der Waals surface area contributed by atoms with Gasteiger partial charge in [0.2, 0.25) is 0 Å². The first kappa shape index (κ1) is 17.3. The highest BCUT2D eigenvalue weighted by Crippen LogP contribution is 2.26. The minimum atomic E-state index is 0.0116. The van der Waals surface area contributed by atoms with Crippen LogP contribution in [0.5, 0.6) is 5.75 Å². The van der Waals surface area contributed by atoms with Gasteiger partial charge < -0.3 is 14.8 Å². The lowest BCUT2D eigenvalue weighted by molar-refractivity contribution is 0.0679. The van der Waals surface area contributed by atoms with E-state index in [1.165, 1.54) is 19.3 Å². The molecule has 1 N–H and O–H groups in total. The van der Waals surface area contributed by atoms with E-state index in [2.05, 4.69) is 12.2 Å². The van der Waals surface area contributed by atoms with Crippen LogP contribution in [0.15, 0.2) is 24.3 Å². The van der Waals surface area contributed by atoms with Crippen LogP contribution in [-0.4, -0.2) is 31.3 Å². The molecular weight excluding hydrogens is 302 g/mol. The second-order valence-corrected chi connectivity index (χ2v) is 7.07. The Hall–Kier alpha value is -1.55. The van der Waals surface area contributed by atoms with Gasteiger partial charge in [0.15, 0.2) is 0 Å². The van der Waals surface area contributed by atoms with Gasteiger partial charge >= 0.3 is 0 Å². The first-order valence-corrected chi connectivity index (χ1v) is 9.40. The fraction of sp³-hybridized carbons (Fsp3) is 0.650. The Kier molecular flexibility index (Phi) is 6.13. The standard InChI is InChI=1S/C20H29NO3/c1-2-15-8-10-17(11-9-15)21-20(22)16-5-3-6-18(13-16)24-14-19-7-4-12-23-19/h3,5-6,13,15,17,19H,2,4,7-12,14H2,1H3,(H,21,22). The molecule has 132 valence electrons. The maximum Gasteiger partial charge on any atom is 0.251 e. The average molecular weight is 331 g/mol. The first-order valence-electron chi connectivity index (χ1n) is 9.40. The van der Waals surface area contributed by atoms with Crippen LogP contribution in [0.3, 0.4) is 0 Å². The molecule has 0 radical (unpaired) electrons. The summed E-state index contributed by atoms with van der Waals surface area (Å²) in [5.41, 5.74) is 0.678. The van der Waals surface area contributed by atoms with E-state index >= 15 is 0 Å². The van der Waals surface area contributed by atoms with Gasteiger partial charge in [-0.3, -0.25) is 4.79 Å². The molecule has 2 aliphatic rings. The van der Waals surface area contributed by atoms with Gasteiger partial charge in [0.1, 0.15) is 12.4 Å². The number of hydrogen-bond donors (Lipinski definition) is 1. The van der Waals surface area contributed by atoms with E-state index in [1.54, 1.807) is 0 Å². The van der Waals surface area contributed by atoms with E-state index in [0.717, 1.165) is 44.0 Å². The van der Waals surface area contributed by atoms with Crippen molar-refractivity contribution in [2.24, 2.45) is 5.92 Å². The van der Waals surface area contributed by atoms with Crippen molar-refractivity contribution in [2.75, 3.05) is 13.2 Å². The number of amides is 1. The van der Waals surface area contributed by atoms with Gasteiger partial charge in [-0.15, -0.1) is 0 Å². The van der Waals surface area contributed by atoms with Gasteiger partial charge in [0.05, 0.1) is 6.10 Å². The molecule has 4 nitrogen and oxygen atoms in total. The molecule has 1 aliphatic carbocycles. The fourth-order valence-corrected chi connectivity index (χ4v) is 3.68. The van der Waals surface area contributed by atoms with E-state index in [1.807, 2.05) is 24.3 Å². The van der Waals surface area contributed by atoms with Crippen LogP contribution in [0.1, 0.15) is 62.2 Å². The third kappa shape index (κ3) is 4.73. The average Bonchev–Trinajstić information content (AvgIpc) is 3.14. The smallest absolute Gasteiger partial charge is 0.251 e. The lowest BCUT2D eigenvalue weighted by Gasteiger charge is -2.28. The summed E-state index contributed by atoms with van der Waals surface area (Å²) in [5, 5.41) is 3.19. The lowest BCUT2D eigenvalue weighted by atomic mass is 9.84. The van der Waals surface area contributed by atoms with Crippen molar-refractivity contribution in [2.45, 2.75) is 64.0 Å². The molecule has 1 amide bonds. The molecule has 1 saturated carbocycles. The summed E-state index contributed by atoms with van der Waals surface area (Å²) in [6.07, 6.45) is 8.26. The van der Waals surface area contributed by atoms with Crippen molar-refractivity contribution >= 4 is 5.91 Å². The maximum atomic E-state index is 12.5. The Labute approximate surface area is 144 Å². The van der Waals surface area contributed by atoms with Crippen molar-refractivity contribution in [1.29, 1.82) is 0 Å². The summed E-state index contributed by atoms with van der Waals surface area (Å²) >= 11 is 0. The second kappa shape index (κ2) is 8.52. The van der Waals surface area contributed by atoms with Crippen LogP contribution in [0, 0.1) is 5.92 Å². The van der Waals surface area contributed by atoms with Gasteiger partial charge in [-0.05, 0) is 62.6 Å². The van der Waals surface area contributed by atoms with Gasteiger partial charge in [0, 0.05) is 18.2 Å². The van der Waals surface area contributed by atoms with Crippen LogP contribution in [0.25, 0.3) is 0 Å². The molecule has 4 heteroatoms. The molecular formula is C20H29NO3. The van der Waals surface area contributed by atoms with E-state index in [4.69, 9.17) is 9.47 Å². The van der Waals surface area contributed by atoms with Crippen molar-refractivity contribution in [3.8, 4) is 5.75 Å². The number of benzene rings is 1. The largest absolute Gasteiger partial charge is 0.491 e. The van der Waals surface area contributed by atoms with E-state index in [-0.39, 0.29) is 12.0 Å². The molecule has 1 aromatic carbocycles. The second-order valence-electron chi connectivity index (χ2n) is 7.07. The molecule has 3 rings (SSSR count). The number of hydrogen-bond acceptors (Lipinski definition) is 3. The highest BCUT2D eigenvalue weighted by Gasteiger charge is 2.22. The molecule has 0 spiro atoms. The normalized spacial score (nSPS) is 27.0. The minimum Gasteiger partial charge on any atom is -0.491 e. The SMILES string of the molecule is CCC1CCC(NC(=O)c2cccc(OCC3CCCO3)c2)CC1. The molecule has 24 heavy (non-hydrogen) atoms. The molecule has 1 unspecified atom stereocenters. The summed E-state index contributed by atoms with van der Waals surface area (Å²) in [4.78, 5) is 12.5. The lowest BCUT2D eigenvalue weighted by Crippen LogP contribution is -2.37. The first-order chi connectivity index (χ1) is 11.7. The molecule has 1 atom stereocenters. The van der Waals surface area contributed by atoms with Crippen LogP contribution < -0.4 is 10.1 Å². The van der Waals surface area contributed by atoms with E-state index in [0.29, 0.717) is 18.2 Å². The number of rotatable bonds is 6. The molecule has 1 saturated heterocycles. The predicted octanol–water partition coefficient (Wildman–Crippen LogP) is 3.94. The number of carbonyl (C=O) groups excluding carboxylic acids is 1. The molecule has 1 aliphatic heterocycles. The van der Waals surface area contributed by atoms with Crippen molar-refractivity contribution in [1.82, 2.24) is 5.32 Å². The third-order valence-electron chi connectivity index (χ3n) is 5.32. The van der Waals surface area contributed by atoms with Crippen LogP contribution >= 0.6 is 0 Å². The third-order valence-corrected chi connectivity index (χ3v) is 5.32. The summed E-state index contributed by atoms with van der Waals surface area (Å²) < 4.78 is 11.4. The van der Waals surface area contributed by atoms with Crippen LogP contribution in [0.2, 0.25) is 0 Å². The highest BCUT2D eigenvalue weighted by atomic mass is 16.5. The predicted molar refractivity (Wildman–Crippen MR) is 94.4 cm³/mol. The maximum absolute atomic E-state index is 12.5. The van der Waals surface area contributed by atoms with E-state index < -0.39 is 0 Å². The molecule has 2 fully saturated rings. The number of carbonyl (C=O) groups is 1. The zero-order valence-corrected chi connectivity index (χ0v) is 14.6. The Morgan fingerprint density at radius 2 is 2.08 bits per heavy atom. The number of nitrogens with one attached hydrogen (secondary N) is 1. The molecule has 1 aromatic rings. The van der Waals surface area contributed by atoms with Crippen molar-refractivity contribution in [3.05, 3.63) is 29.8 Å². The summed E-state index contributed by atoms with van der Waals surface area (Å²) in [6, 6.07) is 7.79. The summed E-state index contributed by atoms with van der Waals surface area (Å²) in [6.45, 7) is 3.65. The molecule has 0 bridgehead atoms. The Bertz CT molecular complexity index is 531. The topological polar surface area (TPSA) is 47.6 Å². The summed E-state index contributed by atoms with van der Waals surface area (Å²) in [5.74, 6) is 1.60. The van der Waals surface area contributed by atoms with Crippen molar-refractivity contribution < 1.29 is 14.3 Å². The quantitative estimate of drug-likeness (QED) is 0.859. The Balaban J connectivity index is 1.50. The van der Waals surface area contributed by atoms with Gasteiger partial charge in [0.25, 0.3) is 5.91 Å². The van der Waals surface area contributed by atoms with Gasteiger partial charge in [-0.2, -0.15) is 0 Å². The van der Waals surface area contributed by atoms with Gasteiger partial charge in [-0.1, -0.05) is 19.4 Å². The summed E-state index contributed by atoms with van der Waals surface area (Å²) in [7, 11) is 0. The zero-order valence-electron chi connectivity index (χ0n) is 14.6. The van der Waals surface area contributed by atoms with Crippen molar-refractivity contribution in [3.63, 3.8) is 0 Å².